The molecule has 0 bridgehead atoms. The lowest BCUT2D eigenvalue weighted by molar-refractivity contribution is -0.129. The van der Waals surface area contributed by atoms with Gasteiger partial charge in [0.05, 0.1) is 13.2 Å². The molecule has 2 aliphatic rings. The van der Waals surface area contributed by atoms with Crippen LogP contribution in [0.2, 0.25) is 0 Å². The molecule has 3 heterocycles. The number of aromatic amines is 1. The number of benzene rings is 2. The molecule has 32 heavy (non-hydrogen) atoms. The molecule has 0 radical (unpaired) electrons. The standard InChI is InChI=1S/C25H28N4O3/c1-17(30)29-9-8-24-22(16-29)21-14-19(4-7-23(21)27-24)25(31)26-15-18-2-5-20(6-3-18)28-10-12-32-13-11-28/h2-7,14,27H,8-13,15-16H2,1H3,(H,26,31). The molecular formula is C25H28N4O3. The smallest absolute Gasteiger partial charge is 0.251 e. The number of H-pyrrole nitrogens is 1. The largest absolute Gasteiger partial charge is 0.378 e. The van der Waals surface area contributed by atoms with E-state index in [4.69, 9.17) is 4.74 Å². The van der Waals surface area contributed by atoms with Gasteiger partial charge in [0.1, 0.15) is 0 Å². The van der Waals surface area contributed by atoms with Crippen molar-refractivity contribution in [2.45, 2.75) is 26.4 Å². The maximum atomic E-state index is 12.8. The third-order valence-electron chi connectivity index (χ3n) is 6.45. The van der Waals surface area contributed by atoms with Gasteiger partial charge in [-0.1, -0.05) is 12.1 Å². The van der Waals surface area contributed by atoms with Crippen molar-refractivity contribution in [1.29, 1.82) is 0 Å². The SMILES string of the molecule is CC(=O)N1CCc2[nH]c3ccc(C(=O)NCc4ccc(N5CCOCC5)cc4)cc3c2C1. The van der Waals surface area contributed by atoms with Crippen LogP contribution in [0.4, 0.5) is 5.69 Å². The number of ether oxygens (including phenoxy) is 1. The average Bonchev–Trinajstić information content (AvgIpc) is 3.20. The quantitative estimate of drug-likeness (QED) is 0.665. The van der Waals surface area contributed by atoms with E-state index < -0.39 is 0 Å². The van der Waals surface area contributed by atoms with Crippen molar-refractivity contribution in [3.63, 3.8) is 0 Å². The van der Waals surface area contributed by atoms with Gasteiger partial charge in [0.2, 0.25) is 5.91 Å². The van der Waals surface area contributed by atoms with Crippen LogP contribution in [0.25, 0.3) is 10.9 Å². The van der Waals surface area contributed by atoms with Gasteiger partial charge < -0.3 is 24.8 Å². The number of fused-ring (bicyclic) bond motifs is 3. The number of hydrogen-bond donors (Lipinski definition) is 2. The molecule has 0 aliphatic carbocycles. The summed E-state index contributed by atoms with van der Waals surface area (Å²) in [6, 6.07) is 14.1. The number of hydrogen-bond acceptors (Lipinski definition) is 4. The lowest BCUT2D eigenvalue weighted by Crippen LogP contribution is -2.36. The molecule has 0 saturated carbocycles. The van der Waals surface area contributed by atoms with Crippen molar-refractivity contribution in [2.24, 2.45) is 0 Å². The van der Waals surface area contributed by atoms with Crippen LogP contribution < -0.4 is 10.2 Å². The van der Waals surface area contributed by atoms with Gasteiger partial charge in [-0.2, -0.15) is 0 Å². The zero-order chi connectivity index (χ0) is 22.1. The van der Waals surface area contributed by atoms with Crippen LogP contribution in [-0.2, 0) is 29.0 Å². The van der Waals surface area contributed by atoms with Crippen LogP contribution in [-0.4, -0.2) is 54.5 Å². The molecule has 7 heteroatoms. The highest BCUT2D eigenvalue weighted by molar-refractivity contribution is 5.99. The molecule has 5 rings (SSSR count). The number of anilines is 1. The second-order valence-electron chi connectivity index (χ2n) is 8.48. The maximum absolute atomic E-state index is 12.8. The second-order valence-corrected chi connectivity index (χ2v) is 8.48. The first-order valence-corrected chi connectivity index (χ1v) is 11.2. The van der Waals surface area contributed by atoms with Gasteiger partial charge in [-0.25, -0.2) is 0 Å². The molecule has 0 atom stereocenters. The number of rotatable bonds is 4. The number of morpholine rings is 1. The Hall–Kier alpha value is -3.32. The predicted octanol–water partition coefficient (Wildman–Crippen LogP) is 2.84. The van der Waals surface area contributed by atoms with E-state index in [1.54, 1.807) is 6.92 Å². The fourth-order valence-corrected chi connectivity index (χ4v) is 4.55. The Kier molecular flexibility index (Phi) is 5.57. The molecule has 7 nitrogen and oxygen atoms in total. The van der Waals surface area contributed by atoms with Crippen molar-refractivity contribution in [3.8, 4) is 0 Å². The lowest BCUT2D eigenvalue weighted by atomic mass is 10.0. The van der Waals surface area contributed by atoms with Crippen molar-refractivity contribution < 1.29 is 14.3 Å². The highest BCUT2D eigenvalue weighted by Gasteiger charge is 2.22. The summed E-state index contributed by atoms with van der Waals surface area (Å²) in [6.45, 7) is 6.74. The van der Waals surface area contributed by atoms with E-state index in [1.807, 2.05) is 23.1 Å². The minimum absolute atomic E-state index is 0.0820. The zero-order valence-electron chi connectivity index (χ0n) is 18.3. The summed E-state index contributed by atoms with van der Waals surface area (Å²) in [5, 5.41) is 4.05. The minimum atomic E-state index is -0.0988. The summed E-state index contributed by atoms with van der Waals surface area (Å²) < 4.78 is 5.41. The highest BCUT2D eigenvalue weighted by atomic mass is 16.5. The first kappa shape index (κ1) is 20.6. The Morgan fingerprint density at radius 2 is 1.84 bits per heavy atom. The fourth-order valence-electron chi connectivity index (χ4n) is 4.55. The van der Waals surface area contributed by atoms with Gasteiger partial charge in [0.25, 0.3) is 5.91 Å². The number of amides is 2. The van der Waals surface area contributed by atoms with Gasteiger partial charge in [-0.3, -0.25) is 9.59 Å². The molecule has 1 fully saturated rings. The Labute approximate surface area is 187 Å². The Morgan fingerprint density at radius 3 is 2.59 bits per heavy atom. The molecule has 1 saturated heterocycles. The van der Waals surface area contributed by atoms with Crippen molar-refractivity contribution in [1.82, 2.24) is 15.2 Å². The summed E-state index contributed by atoms with van der Waals surface area (Å²) in [5.41, 5.74) is 6.17. The summed E-state index contributed by atoms with van der Waals surface area (Å²) in [5.74, 6) is -0.0168. The minimum Gasteiger partial charge on any atom is -0.378 e. The molecule has 1 aromatic heterocycles. The molecule has 0 unspecified atom stereocenters. The average molecular weight is 433 g/mol. The highest BCUT2D eigenvalue weighted by Crippen LogP contribution is 2.28. The Bertz CT molecular complexity index is 1150. The monoisotopic (exact) mass is 432 g/mol. The summed E-state index contributed by atoms with van der Waals surface area (Å²) in [4.78, 5) is 32.3. The van der Waals surface area contributed by atoms with E-state index in [0.717, 1.165) is 67.0 Å². The summed E-state index contributed by atoms with van der Waals surface area (Å²) >= 11 is 0. The molecule has 2 aliphatic heterocycles. The van der Waals surface area contributed by atoms with Gasteiger partial charge in [-0.15, -0.1) is 0 Å². The van der Waals surface area contributed by atoms with Crippen LogP contribution in [0.5, 0.6) is 0 Å². The van der Waals surface area contributed by atoms with E-state index in [0.29, 0.717) is 18.7 Å². The van der Waals surface area contributed by atoms with Crippen LogP contribution >= 0.6 is 0 Å². The summed E-state index contributed by atoms with van der Waals surface area (Å²) in [6.07, 6.45) is 0.811. The van der Waals surface area contributed by atoms with Crippen LogP contribution in [0.1, 0.15) is 34.1 Å². The molecule has 2 amide bonds. The zero-order valence-corrected chi connectivity index (χ0v) is 18.3. The van der Waals surface area contributed by atoms with E-state index in [2.05, 4.69) is 39.5 Å². The number of aromatic nitrogens is 1. The molecule has 3 aromatic rings. The fraction of sp³-hybridized carbons (Fsp3) is 0.360. The molecule has 166 valence electrons. The van der Waals surface area contributed by atoms with Crippen LogP contribution in [0, 0.1) is 0 Å². The molecule has 0 spiro atoms. The first-order chi connectivity index (χ1) is 15.6. The summed E-state index contributed by atoms with van der Waals surface area (Å²) in [7, 11) is 0. The van der Waals surface area contributed by atoms with Gasteiger partial charge >= 0.3 is 0 Å². The van der Waals surface area contributed by atoms with Crippen molar-refractivity contribution >= 4 is 28.4 Å². The van der Waals surface area contributed by atoms with Gasteiger partial charge in [-0.05, 0) is 35.9 Å². The number of carbonyl (C=O) groups excluding carboxylic acids is 2. The number of carbonyl (C=O) groups is 2. The molecule has 2 aromatic carbocycles. The predicted molar refractivity (Wildman–Crippen MR) is 124 cm³/mol. The third-order valence-corrected chi connectivity index (χ3v) is 6.45. The lowest BCUT2D eigenvalue weighted by Gasteiger charge is -2.28. The maximum Gasteiger partial charge on any atom is 0.251 e. The van der Waals surface area contributed by atoms with E-state index in [1.165, 1.54) is 5.69 Å². The number of nitrogens with one attached hydrogen (secondary N) is 2. The third kappa shape index (κ3) is 4.08. The van der Waals surface area contributed by atoms with Crippen molar-refractivity contribution in [2.75, 3.05) is 37.7 Å². The first-order valence-electron chi connectivity index (χ1n) is 11.2. The van der Waals surface area contributed by atoms with Crippen LogP contribution in [0.15, 0.2) is 42.5 Å². The second kappa shape index (κ2) is 8.67. The van der Waals surface area contributed by atoms with Crippen molar-refractivity contribution in [3.05, 3.63) is 64.8 Å². The number of nitrogens with zero attached hydrogens (tertiary/aromatic N) is 2. The Balaban J connectivity index is 1.27. The van der Waals surface area contributed by atoms with Gasteiger partial charge in [0, 0.05) is 79.5 Å². The van der Waals surface area contributed by atoms with Crippen LogP contribution in [0.3, 0.4) is 0 Å². The molecular weight excluding hydrogens is 404 g/mol. The van der Waals surface area contributed by atoms with Gasteiger partial charge in [0.15, 0.2) is 0 Å². The topological polar surface area (TPSA) is 77.7 Å². The normalized spacial score (nSPS) is 16.2. The Morgan fingerprint density at radius 1 is 1.06 bits per heavy atom. The van der Waals surface area contributed by atoms with E-state index >= 15 is 0 Å². The van der Waals surface area contributed by atoms with E-state index in [-0.39, 0.29) is 11.8 Å². The molecule has 2 N–H and O–H groups in total. The van der Waals surface area contributed by atoms with E-state index in [9.17, 15) is 9.59 Å².